The number of rotatable bonds is 5. The van der Waals surface area contributed by atoms with Gasteiger partial charge in [-0.1, -0.05) is 54.3 Å². The van der Waals surface area contributed by atoms with Crippen LogP contribution in [-0.2, 0) is 11.3 Å². The number of carbonyl (C=O) groups excluding carboxylic acids is 1. The first-order chi connectivity index (χ1) is 14.8. The molecule has 0 radical (unpaired) electrons. The Labute approximate surface area is 189 Å². The maximum Gasteiger partial charge on any atom is 0.335 e. The van der Waals surface area contributed by atoms with E-state index in [2.05, 4.69) is 0 Å². The molecule has 7 heteroatoms. The van der Waals surface area contributed by atoms with E-state index < -0.39 is 5.97 Å². The zero-order valence-electron chi connectivity index (χ0n) is 16.9. The molecule has 2 heterocycles. The predicted octanol–water partition coefficient (Wildman–Crippen LogP) is 5.66. The number of aryl methyl sites for hydroxylation is 1. The quantitative estimate of drug-likeness (QED) is 0.400. The minimum absolute atomic E-state index is 0.139. The number of thioether (sulfide) groups is 1. The van der Waals surface area contributed by atoms with Gasteiger partial charge in [-0.05, 0) is 54.8 Å². The van der Waals surface area contributed by atoms with Crippen LogP contribution in [0.3, 0.4) is 0 Å². The lowest BCUT2D eigenvalue weighted by atomic mass is 10.0. The van der Waals surface area contributed by atoms with Crippen molar-refractivity contribution in [2.75, 3.05) is 0 Å². The summed E-state index contributed by atoms with van der Waals surface area (Å²) < 4.78 is 6.37. The van der Waals surface area contributed by atoms with E-state index in [1.165, 1.54) is 29.5 Å². The molecule has 156 valence electrons. The number of aromatic carboxylic acids is 1. The van der Waals surface area contributed by atoms with Crippen molar-refractivity contribution in [3.05, 3.63) is 87.5 Å². The number of carboxylic acids is 1. The lowest BCUT2D eigenvalue weighted by molar-refractivity contribution is -0.122. The van der Waals surface area contributed by atoms with Gasteiger partial charge in [-0.2, -0.15) is 0 Å². The van der Waals surface area contributed by atoms with Gasteiger partial charge in [0.05, 0.1) is 17.0 Å². The van der Waals surface area contributed by atoms with Crippen LogP contribution in [0.2, 0.25) is 0 Å². The zero-order chi connectivity index (χ0) is 22.1. The van der Waals surface area contributed by atoms with Crippen LogP contribution in [0.5, 0.6) is 0 Å². The summed E-state index contributed by atoms with van der Waals surface area (Å²) in [5.74, 6) is 0.00725. The number of hydrogen-bond donors (Lipinski definition) is 1. The largest absolute Gasteiger partial charge is 0.478 e. The van der Waals surface area contributed by atoms with E-state index in [0.29, 0.717) is 27.3 Å². The van der Waals surface area contributed by atoms with Crippen LogP contribution < -0.4 is 0 Å². The van der Waals surface area contributed by atoms with E-state index in [-0.39, 0.29) is 11.5 Å². The second kappa shape index (κ2) is 8.53. The summed E-state index contributed by atoms with van der Waals surface area (Å²) in [4.78, 5) is 26.1. The van der Waals surface area contributed by atoms with E-state index >= 15 is 0 Å². The van der Waals surface area contributed by atoms with Crippen LogP contribution in [0.4, 0.5) is 0 Å². The van der Waals surface area contributed by atoms with Gasteiger partial charge >= 0.3 is 5.97 Å². The van der Waals surface area contributed by atoms with Gasteiger partial charge in [-0.15, -0.1) is 0 Å². The predicted molar refractivity (Wildman–Crippen MR) is 126 cm³/mol. The van der Waals surface area contributed by atoms with Crippen LogP contribution >= 0.6 is 24.0 Å². The first-order valence-electron chi connectivity index (χ1n) is 9.57. The topological polar surface area (TPSA) is 70.8 Å². The summed E-state index contributed by atoms with van der Waals surface area (Å²) in [5, 5.41) is 9.02. The normalized spacial score (nSPS) is 15.2. The van der Waals surface area contributed by atoms with Crippen molar-refractivity contribution < 1.29 is 19.1 Å². The number of hydrogen-bond acceptors (Lipinski definition) is 5. The highest BCUT2D eigenvalue weighted by molar-refractivity contribution is 8.26. The molecule has 1 fully saturated rings. The van der Waals surface area contributed by atoms with E-state index in [4.69, 9.17) is 21.7 Å². The minimum atomic E-state index is -0.977. The maximum atomic E-state index is 13.0. The van der Waals surface area contributed by atoms with Crippen molar-refractivity contribution in [1.82, 2.24) is 4.90 Å². The Morgan fingerprint density at radius 3 is 2.58 bits per heavy atom. The van der Waals surface area contributed by atoms with Gasteiger partial charge in [0, 0.05) is 11.6 Å². The molecule has 0 aliphatic carbocycles. The number of nitrogens with zero attached hydrogens (tertiary/aromatic N) is 1. The number of furan rings is 1. The molecular formula is C24H19NO4S2. The van der Waals surface area contributed by atoms with Crippen molar-refractivity contribution >= 4 is 46.3 Å². The molecule has 0 unspecified atom stereocenters. The molecule has 1 aromatic heterocycles. The van der Waals surface area contributed by atoms with Gasteiger partial charge in [0.25, 0.3) is 5.91 Å². The van der Waals surface area contributed by atoms with Gasteiger partial charge in [-0.3, -0.25) is 9.69 Å². The van der Waals surface area contributed by atoms with Crippen LogP contribution in [0, 0.1) is 13.8 Å². The summed E-state index contributed by atoms with van der Waals surface area (Å²) >= 11 is 6.71. The van der Waals surface area contributed by atoms with Crippen LogP contribution in [-0.4, -0.2) is 26.2 Å². The molecule has 3 aromatic rings. The fourth-order valence-corrected chi connectivity index (χ4v) is 4.52. The summed E-state index contributed by atoms with van der Waals surface area (Å²) in [6.07, 6.45) is 1.69. The monoisotopic (exact) mass is 449 g/mol. The Morgan fingerprint density at radius 2 is 1.87 bits per heavy atom. The molecular weight excluding hydrogens is 430 g/mol. The second-order valence-corrected chi connectivity index (χ2v) is 8.89. The summed E-state index contributed by atoms with van der Waals surface area (Å²) in [5.41, 5.74) is 4.38. The third kappa shape index (κ3) is 4.33. The van der Waals surface area contributed by atoms with Crippen molar-refractivity contribution in [2.24, 2.45) is 0 Å². The molecule has 1 aliphatic rings. The lowest BCUT2D eigenvalue weighted by Crippen LogP contribution is -2.27. The second-order valence-electron chi connectivity index (χ2n) is 7.21. The van der Waals surface area contributed by atoms with Crippen molar-refractivity contribution in [1.29, 1.82) is 0 Å². The third-order valence-electron chi connectivity index (χ3n) is 5.24. The average Bonchev–Trinajstić information content (AvgIpc) is 3.31. The Morgan fingerprint density at radius 1 is 1.13 bits per heavy atom. The molecule has 5 nitrogen and oxygen atoms in total. The Kier molecular flexibility index (Phi) is 5.80. The van der Waals surface area contributed by atoms with Crippen LogP contribution in [0.25, 0.3) is 17.4 Å². The van der Waals surface area contributed by atoms with E-state index in [9.17, 15) is 9.59 Å². The number of thiocarbonyl (C=S) groups is 1. The number of benzene rings is 2. The maximum absolute atomic E-state index is 13.0. The molecule has 0 atom stereocenters. The fraction of sp³-hybridized carbons (Fsp3) is 0.125. The molecule has 1 saturated heterocycles. The van der Waals surface area contributed by atoms with E-state index in [1.807, 2.05) is 32.0 Å². The highest BCUT2D eigenvalue weighted by atomic mass is 32.2. The fourth-order valence-electron chi connectivity index (χ4n) is 3.28. The molecule has 0 saturated carbocycles. The van der Waals surface area contributed by atoms with Crippen LogP contribution in [0.1, 0.15) is 32.8 Å². The van der Waals surface area contributed by atoms with E-state index in [0.717, 1.165) is 16.7 Å². The molecule has 1 amide bonds. The Balaban J connectivity index is 1.53. The first-order valence-corrected chi connectivity index (χ1v) is 10.8. The third-order valence-corrected chi connectivity index (χ3v) is 6.61. The highest BCUT2D eigenvalue weighted by Crippen LogP contribution is 2.35. The van der Waals surface area contributed by atoms with Crippen LogP contribution in [0.15, 0.2) is 63.9 Å². The summed E-state index contributed by atoms with van der Waals surface area (Å²) in [6, 6.07) is 16.0. The molecule has 1 N–H and O–H groups in total. The van der Waals surface area contributed by atoms with Crippen molar-refractivity contribution in [2.45, 2.75) is 20.4 Å². The smallest absolute Gasteiger partial charge is 0.335 e. The number of carboxylic acid groups (broad SMARTS) is 1. The SMILES string of the molecule is Cc1cccc(CN2C(=O)C(=Cc3ccc(-c4ccc(C(=O)O)cc4)o3)SC2=S)c1C. The Bertz CT molecular complexity index is 1220. The zero-order valence-corrected chi connectivity index (χ0v) is 18.5. The van der Waals surface area contributed by atoms with Gasteiger partial charge in [0.15, 0.2) is 0 Å². The average molecular weight is 450 g/mol. The molecule has 0 bridgehead atoms. The molecule has 0 spiro atoms. The van der Waals surface area contributed by atoms with Gasteiger partial charge in [-0.25, -0.2) is 4.79 Å². The summed E-state index contributed by atoms with van der Waals surface area (Å²) in [6.45, 7) is 4.53. The lowest BCUT2D eigenvalue weighted by Gasteiger charge is -2.17. The highest BCUT2D eigenvalue weighted by Gasteiger charge is 2.32. The molecule has 31 heavy (non-hydrogen) atoms. The van der Waals surface area contributed by atoms with Gasteiger partial charge in [0.1, 0.15) is 15.8 Å². The summed E-state index contributed by atoms with van der Waals surface area (Å²) in [7, 11) is 0. The van der Waals surface area contributed by atoms with Gasteiger partial charge < -0.3 is 9.52 Å². The number of amides is 1. The number of carbonyl (C=O) groups is 2. The first kappa shape index (κ1) is 21.1. The molecule has 2 aromatic carbocycles. The molecule has 1 aliphatic heterocycles. The molecule has 4 rings (SSSR count). The Hall–Kier alpha value is -3.16. The van der Waals surface area contributed by atoms with E-state index in [1.54, 1.807) is 35.2 Å². The standard InChI is InChI=1S/C24H19NO4S2/c1-14-4-3-5-18(15(14)2)13-25-22(26)21(31-24(25)30)12-19-10-11-20(29-19)16-6-8-17(9-7-16)23(27)28/h3-12H,13H2,1-2H3,(H,27,28). The van der Waals surface area contributed by atoms with Crippen molar-refractivity contribution in [3.63, 3.8) is 0 Å². The van der Waals surface area contributed by atoms with Crippen molar-refractivity contribution in [3.8, 4) is 11.3 Å². The van der Waals surface area contributed by atoms with Gasteiger partial charge in [0.2, 0.25) is 0 Å². The minimum Gasteiger partial charge on any atom is -0.478 e.